The number of ether oxygens (including phenoxy) is 3. The van der Waals surface area contributed by atoms with Gasteiger partial charge in [-0.1, -0.05) is 30.3 Å². The van der Waals surface area contributed by atoms with E-state index < -0.39 is 27.4 Å². The highest BCUT2D eigenvalue weighted by molar-refractivity contribution is 7.91. The van der Waals surface area contributed by atoms with Crippen molar-refractivity contribution in [2.45, 2.75) is 49.3 Å². The molecule has 10 heteroatoms. The molecule has 3 aromatic carbocycles. The Balaban J connectivity index is 1.77. The van der Waals surface area contributed by atoms with Crippen molar-refractivity contribution in [2.75, 3.05) is 26.1 Å². The Bertz CT molecular complexity index is 1460. The number of nitrogens with one attached hydrogen (secondary N) is 1. The molecule has 0 fully saturated rings. The molecule has 4 rings (SSSR count). The van der Waals surface area contributed by atoms with Crippen LogP contribution >= 0.6 is 0 Å². The lowest BCUT2D eigenvalue weighted by Crippen LogP contribution is -2.51. The third-order valence-corrected chi connectivity index (χ3v) is 8.43. The van der Waals surface area contributed by atoms with Gasteiger partial charge in [0.05, 0.1) is 24.4 Å². The smallest absolute Gasteiger partial charge is 0.252 e. The molecule has 41 heavy (non-hydrogen) atoms. The van der Waals surface area contributed by atoms with E-state index in [4.69, 9.17) is 24.3 Å². The number of hydrogen-bond acceptors (Lipinski definition) is 8. The number of carbonyl (C=O) groups excluding carboxylic acids is 1. The summed E-state index contributed by atoms with van der Waals surface area (Å²) in [5.74, 6) is 0.654. The fraction of sp³-hybridized carbons (Fsp3) is 0.355. The molecule has 0 saturated heterocycles. The van der Waals surface area contributed by atoms with Gasteiger partial charge in [0.2, 0.25) is 5.90 Å². The Morgan fingerprint density at radius 1 is 1.05 bits per heavy atom. The average molecular weight is 581 g/mol. The Morgan fingerprint density at radius 3 is 2.44 bits per heavy atom. The van der Waals surface area contributed by atoms with Crippen molar-refractivity contribution in [3.8, 4) is 11.5 Å². The fourth-order valence-electron chi connectivity index (χ4n) is 4.60. The number of benzene rings is 3. The molecule has 1 aliphatic rings. The summed E-state index contributed by atoms with van der Waals surface area (Å²) in [4.78, 5) is 19.0. The van der Waals surface area contributed by atoms with Crippen molar-refractivity contribution < 1.29 is 32.5 Å². The molecule has 0 bridgehead atoms. The molecule has 2 atom stereocenters. The zero-order valence-electron chi connectivity index (χ0n) is 23.4. The molecule has 0 radical (unpaired) electrons. The van der Waals surface area contributed by atoms with Crippen LogP contribution in [0.3, 0.4) is 0 Å². The number of sulfone groups is 1. The van der Waals surface area contributed by atoms with E-state index in [9.17, 15) is 13.2 Å². The first-order valence-corrected chi connectivity index (χ1v) is 15.2. The number of aliphatic hydroxyl groups excluding tert-OH is 1. The summed E-state index contributed by atoms with van der Waals surface area (Å²) in [6, 6.07) is 22.2. The Kier molecular flexibility index (Phi) is 9.67. The molecule has 9 nitrogen and oxygen atoms in total. The quantitative estimate of drug-likeness (QED) is 0.292. The predicted octanol–water partition coefficient (Wildman–Crippen LogP) is 4.10. The lowest BCUT2D eigenvalue weighted by atomic mass is 9.84. The fourth-order valence-corrected chi connectivity index (χ4v) is 5.99. The van der Waals surface area contributed by atoms with Crippen molar-refractivity contribution in [2.24, 2.45) is 4.99 Å². The van der Waals surface area contributed by atoms with Gasteiger partial charge in [0.1, 0.15) is 11.5 Å². The van der Waals surface area contributed by atoms with Gasteiger partial charge in [-0.05, 0) is 67.9 Å². The number of hydrogen-bond donors (Lipinski definition) is 2. The summed E-state index contributed by atoms with van der Waals surface area (Å²) in [6.07, 6.45) is -0.520. The molecule has 218 valence electrons. The van der Waals surface area contributed by atoms with Crippen molar-refractivity contribution in [1.82, 2.24) is 5.32 Å². The monoisotopic (exact) mass is 580 g/mol. The van der Waals surface area contributed by atoms with E-state index in [0.717, 1.165) is 0 Å². The lowest BCUT2D eigenvalue weighted by molar-refractivity contribution is -0.129. The van der Waals surface area contributed by atoms with Crippen LogP contribution in [0.1, 0.15) is 43.9 Å². The zero-order chi connectivity index (χ0) is 29.5. The zero-order valence-corrected chi connectivity index (χ0v) is 24.3. The van der Waals surface area contributed by atoms with Gasteiger partial charge < -0.3 is 24.6 Å². The lowest BCUT2D eigenvalue weighted by Gasteiger charge is -2.31. The van der Waals surface area contributed by atoms with Crippen LogP contribution < -0.4 is 14.8 Å². The standard InChI is InChI=1S/C31H36N2O7S/c1-22(2)32-30(35)31(17-20-41(36,37)27-11-5-4-6-12-27)28(24-9-7-10-26(21-24)38-3)40-29(33-31)23-13-15-25(16-14-23)39-19-8-18-34/h4-7,9-16,21-22,28,34H,8,17-20H2,1-3H3,(H,32,35)/t28-,31-/m1/s1. The number of carbonyl (C=O) groups is 1. The van der Waals surface area contributed by atoms with Crippen LogP contribution in [-0.4, -0.2) is 63.0 Å². The summed E-state index contributed by atoms with van der Waals surface area (Å²) >= 11 is 0. The van der Waals surface area contributed by atoms with E-state index in [0.29, 0.717) is 35.7 Å². The van der Waals surface area contributed by atoms with Crippen LogP contribution in [0, 0.1) is 0 Å². The van der Waals surface area contributed by atoms with Gasteiger partial charge in [-0.25, -0.2) is 13.4 Å². The van der Waals surface area contributed by atoms with Crippen LogP contribution in [0.4, 0.5) is 0 Å². The first-order valence-electron chi connectivity index (χ1n) is 13.5. The highest BCUT2D eigenvalue weighted by Crippen LogP contribution is 2.44. The number of aliphatic hydroxyl groups is 1. The third-order valence-electron chi connectivity index (χ3n) is 6.70. The SMILES string of the molecule is COc1cccc([C@H]2OC(c3ccc(OCCCO)cc3)=N[C@@]2(CCS(=O)(=O)c2ccccc2)C(=O)NC(C)C)c1. The second-order valence-electron chi connectivity index (χ2n) is 10.1. The second kappa shape index (κ2) is 13.2. The molecule has 0 aliphatic carbocycles. The van der Waals surface area contributed by atoms with E-state index in [-0.39, 0.29) is 35.6 Å². The van der Waals surface area contributed by atoms with E-state index in [1.807, 2.05) is 19.9 Å². The van der Waals surface area contributed by atoms with E-state index in [2.05, 4.69) is 5.32 Å². The van der Waals surface area contributed by atoms with Crippen molar-refractivity contribution in [3.05, 3.63) is 90.0 Å². The summed E-state index contributed by atoms with van der Waals surface area (Å²) in [5.41, 5.74) is -0.343. The summed E-state index contributed by atoms with van der Waals surface area (Å²) in [5, 5.41) is 11.9. The molecule has 2 N–H and O–H groups in total. The number of amides is 1. The van der Waals surface area contributed by atoms with Crippen LogP contribution in [0.2, 0.25) is 0 Å². The molecule has 0 aromatic heterocycles. The molecule has 0 unspecified atom stereocenters. The van der Waals surface area contributed by atoms with Gasteiger partial charge in [-0.2, -0.15) is 0 Å². The van der Waals surface area contributed by atoms with E-state index >= 15 is 0 Å². The maximum atomic E-state index is 14.0. The highest BCUT2D eigenvalue weighted by Gasteiger charge is 2.53. The molecule has 3 aromatic rings. The number of methoxy groups -OCH3 is 1. The van der Waals surface area contributed by atoms with Gasteiger partial charge in [0.15, 0.2) is 21.5 Å². The minimum Gasteiger partial charge on any atom is -0.497 e. The highest BCUT2D eigenvalue weighted by atomic mass is 32.2. The van der Waals surface area contributed by atoms with Crippen LogP contribution in [0.25, 0.3) is 0 Å². The van der Waals surface area contributed by atoms with Crippen LogP contribution in [-0.2, 0) is 19.4 Å². The first-order chi connectivity index (χ1) is 19.7. The summed E-state index contributed by atoms with van der Waals surface area (Å²) in [6.45, 7) is 4.08. The maximum Gasteiger partial charge on any atom is 0.252 e. The van der Waals surface area contributed by atoms with Gasteiger partial charge in [-0.15, -0.1) is 0 Å². The summed E-state index contributed by atoms with van der Waals surface area (Å²) < 4.78 is 44.2. The Morgan fingerprint density at radius 2 is 1.78 bits per heavy atom. The largest absolute Gasteiger partial charge is 0.497 e. The van der Waals surface area contributed by atoms with Crippen molar-refractivity contribution >= 4 is 21.6 Å². The molecule has 1 heterocycles. The molecule has 1 amide bonds. The molecule has 1 aliphatic heterocycles. The minimum absolute atomic E-state index is 0.0366. The maximum absolute atomic E-state index is 14.0. The second-order valence-corrected chi connectivity index (χ2v) is 12.2. The summed E-state index contributed by atoms with van der Waals surface area (Å²) in [7, 11) is -2.18. The first kappa shape index (κ1) is 30.1. The van der Waals surface area contributed by atoms with Crippen molar-refractivity contribution in [3.63, 3.8) is 0 Å². The number of aliphatic imine (C=N–C) groups is 1. The normalized spacial score (nSPS) is 18.5. The van der Waals surface area contributed by atoms with Gasteiger partial charge in [0.25, 0.3) is 5.91 Å². The van der Waals surface area contributed by atoms with Gasteiger partial charge >= 0.3 is 0 Å². The molecular formula is C31H36N2O7S. The topological polar surface area (TPSA) is 124 Å². The van der Waals surface area contributed by atoms with Gasteiger partial charge in [0, 0.05) is 31.1 Å². The predicted molar refractivity (Wildman–Crippen MR) is 156 cm³/mol. The van der Waals surface area contributed by atoms with E-state index in [1.165, 1.54) is 0 Å². The Labute approximate surface area is 241 Å². The number of nitrogens with zero attached hydrogens (tertiary/aromatic N) is 1. The molecular weight excluding hydrogens is 544 g/mol. The minimum atomic E-state index is -3.73. The number of rotatable bonds is 13. The molecule has 0 spiro atoms. The van der Waals surface area contributed by atoms with Crippen LogP contribution in [0.5, 0.6) is 11.5 Å². The van der Waals surface area contributed by atoms with Crippen LogP contribution in [0.15, 0.2) is 88.8 Å². The Hall–Kier alpha value is -3.89. The van der Waals surface area contributed by atoms with Crippen molar-refractivity contribution in [1.29, 1.82) is 0 Å². The third kappa shape index (κ3) is 7.07. The molecule has 0 saturated carbocycles. The van der Waals surface area contributed by atoms with Gasteiger partial charge in [-0.3, -0.25) is 4.79 Å². The van der Waals surface area contributed by atoms with E-state index in [1.54, 1.807) is 79.9 Å². The average Bonchev–Trinajstić information content (AvgIpc) is 3.38.